The number of benzene rings is 10. The van der Waals surface area contributed by atoms with E-state index < -0.39 is 0 Å². The summed E-state index contributed by atoms with van der Waals surface area (Å²) in [5, 5.41) is 7.56. The fraction of sp³-hybridized carbons (Fsp3) is 0. The highest BCUT2D eigenvalue weighted by atomic mass is 32.1. The quantitative estimate of drug-likeness (QED) is 0.156. The zero-order chi connectivity index (χ0) is 40.3. The first-order valence-corrected chi connectivity index (χ1v) is 21.7. The van der Waals surface area contributed by atoms with Crippen LogP contribution in [0.4, 0.5) is 17.1 Å². The Balaban J connectivity index is 1.04. The van der Waals surface area contributed by atoms with E-state index in [0.717, 1.165) is 22.7 Å². The van der Waals surface area contributed by atoms with E-state index in [1.165, 1.54) is 86.1 Å². The van der Waals surface area contributed by atoms with Gasteiger partial charge in [0.1, 0.15) is 0 Å². The van der Waals surface area contributed by atoms with Gasteiger partial charge in [-0.15, -0.1) is 11.3 Å². The van der Waals surface area contributed by atoms with Gasteiger partial charge in [0.15, 0.2) is 0 Å². The molecule has 0 saturated heterocycles. The lowest BCUT2D eigenvalue weighted by Crippen LogP contribution is -2.10. The first-order valence-electron chi connectivity index (χ1n) is 20.8. The molecule has 12 rings (SSSR count). The predicted molar refractivity (Wildman–Crippen MR) is 262 cm³/mol. The molecule has 2 heterocycles. The molecule has 0 aliphatic carbocycles. The van der Waals surface area contributed by atoms with Crippen LogP contribution in [-0.2, 0) is 0 Å². The zero-order valence-corrected chi connectivity index (χ0v) is 34.1. The third-order valence-electron chi connectivity index (χ3n) is 12.2. The molecule has 0 amide bonds. The molecule has 0 saturated carbocycles. The lowest BCUT2D eigenvalue weighted by Gasteiger charge is -2.28. The number of para-hydroxylation sites is 1. The number of nitrogens with zero attached hydrogens (tertiary/aromatic N) is 2. The van der Waals surface area contributed by atoms with E-state index in [1.807, 2.05) is 11.3 Å². The highest BCUT2D eigenvalue weighted by Crippen LogP contribution is 2.47. The molecule has 0 radical (unpaired) electrons. The maximum Gasteiger partial charge on any atom is 0.0619 e. The molecule has 61 heavy (non-hydrogen) atoms. The van der Waals surface area contributed by atoms with Crippen LogP contribution in [0.25, 0.3) is 91.8 Å². The summed E-state index contributed by atoms with van der Waals surface area (Å²) in [5.74, 6) is 0. The Labute approximate surface area is 358 Å². The molecule has 0 aliphatic rings. The van der Waals surface area contributed by atoms with Gasteiger partial charge in [-0.2, -0.15) is 0 Å². The Morgan fingerprint density at radius 3 is 1.77 bits per heavy atom. The van der Waals surface area contributed by atoms with Crippen LogP contribution in [0.1, 0.15) is 0 Å². The molecular weight excluding hydrogens is 757 g/mol. The minimum absolute atomic E-state index is 1.10. The van der Waals surface area contributed by atoms with Crippen LogP contribution in [0.5, 0.6) is 0 Å². The molecule has 0 spiro atoms. The van der Waals surface area contributed by atoms with E-state index in [4.69, 9.17) is 0 Å². The Hall–Kier alpha value is -7.72. The predicted octanol–water partition coefficient (Wildman–Crippen LogP) is 16.8. The number of hydrogen-bond donors (Lipinski definition) is 0. The lowest BCUT2D eigenvalue weighted by molar-refractivity contribution is 1.19. The van der Waals surface area contributed by atoms with E-state index in [9.17, 15) is 0 Å². The zero-order valence-electron chi connectivity index (χ0n) is 33.2. The Kier molecular flexibility index (Phi) is 8.39. The van der Waals surface area contributed by atoms with Crippen molar-refractivity contribution in [2.45, 2.75) is 0 Å². The summed E-state index contributed by atoms with van der Waals surface area (Å²) in [6.45, 7) is 0. The maximum absolute atomic E-state index is 2.45. The van der Waals surface area contributed by atoms with Crippen molar-refractivity contribution in [2.75, 3.05) is 4.90 Å². The van der Waals surface area contributed by atoms with E-state index in [2.05, 4.69) is 240 Å². The van der Waals surface area contributed by atoms with Crippen LogP contribution < -0.4 is 4.90 Å². The number of hydrogen-bond acceptors (Lipinski definition) is 2. The normalized spacial score (nSPS) is 11.6. The van der Waals surface area contributed by atoms with E-state index in [-0.39, 0.29) is 0 Å². The summed E-state index contributed by atoms with van der Waals surface area (Å²) in [7, 11) is 0. The third kappa shape index (κ3) is 5.93. The van der Waals surface area contributed by atoms with Crippen molar-refractivity contribution < 1.29 is 0 Å². The monoisotopic (exact) mass is 794 g/mol. The standard InChI is InChI=1S/C58H38N2S/c1-4-15-40(16-5-1)47-36-33-46(38-52(47)41-17-6-2-7-18-41)59(53-24-14-26-56-57(53)51-23-12-13-25-55(51)61-56)45-31-27-39(28-32-45)43-30-34-49-50-35-29-42-19-10-11-22-48(42)58(50)60(54(49)37-43)44-20-8-3-9-21-44/h1-38H. The summed E-state index contributed by atoms with van der Waals surface area (Å²) >= 11 is 1.86. The van der Waals surface area contributed by atoms with Gasteiger partial charge in [0, 0.05) is 53.4 Å². The SMILES string of the molecule is c1ccc(-c2ccc(N(c3ccc(-c4ccc5c6ccc7ccccc7c6n(-c6ccccc6)c5c4)cc3)c3cccc4sc5ccccc5c34)cc2-c2ccccc2)cc1. The number of aromatic nitrogens is 1. The molecule has 3 heteroatoms. The Bertz CT molecular complexity index is 3570. The van der Waals surface area contributed by atoms with Gasteiger partial charge in [-0.3, -0.25) is 0 Å². The number of thiophene rings is 1. The van der Waals surface area contributed by atoms with Crippen LogP contribution in [0.2, 0.25) is 0 Å². The van der Waals surface area contributed by atoms with Gasteiger partial charge in [0.25, 0.3) is 0 Å². The summed E-state index contributed by atoms with van der Waals surface area (Å²) in [6, 6.07) is 84.2. The van der Waals surface area contributed by atoms with Crippen molar-refractivity contribution in [1.29, 1.82) is 0 Å². The summed E-state index contributed by atoms with van der Waals surface area (Å²) in [4.78, 5) is 2.45. The van der Waals surface area contributed by atoms with Crippen molar-refractivity contribution in [3.63, 3.8) is 0 Å². The van der Waals surface area contributed by atoms with Crippen LogP contribution in [0, 0.1) is 0 Å². The second-order valence-corrected chi connectivity index (χ2v) is 16.8. The minimum atomic E-state index is 1.10. The molecule has 2 nitrogen and oxygen atoms in total. The molecule has 0 unspecified atom stereocenters. The van der Waals surface area contributed by atoms with Crippen LogP contribution in [-0.4, -0.2) is 4.57 Å². The molecule has 0 bridgehead atoms. The molecular formula is C58H38N2S. The highest BCUT2D eigenvalue weighted by molar-refractivity contribution is 7.26. The van der Waals surface area contributed by atoms with E-state index in [1.54, 1.807) is 0 Å². The highest BCUT2D eigenvalue weighted by Gasteiger charge is 2.21. The third-order valence-corrected chi connectivity index (χ3v) is 13.3. The van der Waals surface area contributed by atoms with E-state index in [0.29, 0.717) is 0 Å². The molecule has 0 aliphatic heterocycles. The molecule has 0 N–H and O–H groups in total. The maximum atomic E-state index is 2.45. The molecule has 2 aromatic heterocycles. The summed E-state index contributed by atoms with van der Waals surface area (Å²) < 4.78 is 5.02. The molecule has 286 valence electrons. The largest absolute Gasteiger partial charge is 0.310 e. The van der Waals surface area contributed by atoms with Gasteiger partial charge in [0.05, 0.1) is 16.7 Å². The van der Waals surface area contributed by atoms with Crippen LogP contribution in [0.3, 0.4) is 0 Å². The lowest BCUT2D eigenvalue weighted by atomic mass is 9.93. The van der Waals surface area contributed by atoms with Crippen LogP contribution >= 0.6 is 11.3 Å². The summed E-state index contributed by atoms with van der Waals surface area (Å²) in [5.41, 5.74) is 14.1. The van der Waals surface area contributed by atoms with Gasteiger partial charge in [0.2, 0.25) is 0 Å². The van der Waals surface area contributed by atoms with Gasteiger partial charge in [-0.05, 0) is 99.4 Å². The average molecular weight is 795 g/mol. The van der Waals surface area contributed by atoms with E-state index >= 15 is 0 Å². The van der Waals surface area contributed by atoms with Crippen molar-refractivity contribution in [3.8, 4) is 39.1 Å². The Morgan fingerprint density at radius 1 is 0.361 bits per heavy atom. The first kappa shape index (κ1) is 35.2. The van der Waals surface area contributed by atoms with Crippen molar-refractivity contribution in [2.24, 2.45) is 0 Å². The molecule has 12 aromatic rings. The number of fused-ring (bicyclic) bond motifs is 8. The minimum Gasteiger partial charge on any atom is -0.310 e. The van der Waals surface area contributed by atoms with Crippen molar-refractivity contribution in [3.05, 3.63) is 231 Å². The first-order chi connectivity index (χ1) is 30.3. The fourth-order valence-electron chi connectivity index (χ4n) is 9.37. The number of anilines is 3. The Morgan fingerprint density at radius 2 is 0.984 bits per heavy atom. The molecule has 0 atom stereocenters. The smallest absolute Gasteiger partial charge is 0.0619 e. The number of rotatable bonds is 7. The summed E-state index contributed by atoms with van der Waals surface area (Å²) in [6.07, 6.45) is 0. The van der Waals surface area contributed by atoms with Gasteiger partial charge >= 0.3 is 0 Å². The second-order valence-electron chi connectivity index (χ2n) is 15.7. The van der Waals surface area contributed by atoms with Crippen molar-refractivity contribution in [1.82, 2.24) is 4.57 Å². The fourth-order valence-corrected chi connectivity index (χ4v) is 10.5. The average Bonchev–Trinajstić information content (AvgIpc) is 3.89. The van der Waals surface area contributed by atoms with Gasteiger partial charge < -0.3 is 9.47 Å². The van der Waals surface area contributed by atoms with Crippen molar-refractivity contribution >= 4 is 81.1 Å². The molecule has 10 aromatic carbocycles. The van der Waals surface area contributed by atoms with Gasteiger partial charge in [-0.1, -0.05) is 170 Å². The van der Waals surface area contributed by atoms with Gasteiger partial charge in [-0.25, -0.2) is 0 Å². The van der Waals surface area contributed by atoms with Crippen LogP contribution in [0.15, 0.2) is 231 Å². The molecule has 0 fully saturated rings. The topological polar surface area (TPSA) is 8.17 Å². The second kappa shape index (κ2) is 14.5.